The van der Waals surface area contributed by atoms with Crippen LogP contribution in [0.15, 0.2) is 42.5 Å². The minimum absolute atomic E-state index is 0.255. The third-order valence-corrected chi connectivity index (χ3v) is 3.62. The third kappa shape index (κ3) is 1.19. The van der Waals surface area contributed by atoms with E-state index in [1.54, 1.807) is 7.11 Å². The second kappa shape index (κ2) is 3.11. The average Bonchev–Trinajstić information content (AvgIpc) is 3.19. The Morgan fingerprint density at radius 3 is 2.53 bits per heavy atom. The quantitative estimate of drug-likeness (QED) is 0.691. The van der Waals surface area contributed by atoms with Crippen molar-refractivity contribution in [3.8, 4) is 16.9 Å². The lowest BCUT2D eigenvalue weighted by Crippen LogP contribution is -1.99. The number of epoxide rings is 1. The van der Waals surface area contributed by atoms with Crippen LogP contribution in [0.25, 0.3) is 11.1 Å². The topological polar surface area (TPSA) is 21.8 Å². The van der Waals surface area contributed by atoms with Crippen LogP contribution < -0.4 is 4.74 Å². The SMILES string of the molecule is COc1ccc2c(c1)-c1ccccc1C1OC21. The van der Waals surface area contributed by atoms with Gasteiger partial charge in [0.2, 0.25) is 0 Å². The fraction of sp³-hybridized carbons (Fsp3) is 0.200. The third-order valence-electron chi connectivity index (χ3n) is 3.62. The maximum absolute atomic E-state index is 5.76. The highest BCUT2D eigenvalue weighted by molar-refractivity contribution is 5.76. The van der Waals surface area contributed by atoms with E-state index in [9.17, 15) is 0 Å². The Balaban J connectivity index is 2.00. The van der Waals surface area contributed by atoms with E-state index in [1.807, 2.05) is 6.07 Å². The van der Waals surface area contributed by atoms with E-state index in [2.05, 4.69) is 36.4 Å². The zero-order valence-electron chi connectivity index (χ0n) is 9.51. The van der Waals surface area contributed by atoms with Gasteiger partial charge in [-0.1, -0.05) is 30.3 Å². The molecule has 1 saturated heterocycles. The van der Waals surface area contributed by atoms with Gasteiger partial charge in [0.1, 0.15) is 18.0 Å². The van der Waals surface area contributed by atoms with Gasteiger partial charge in [-0.3, -0.25) is 0 Å². The van der Waals surface area contributed by atoms with Crippen LogP contribution in [0.3, 0.4) is 0 Å². The molecule has 1 aliphatic heterocycles. The van der Waals surface area contributed by atoms with Crippen LogP contribution in [0.4, 0.5) is 0 Å². The van der Waals surface area contributed by atoms with E-state index >= 15 is 0 Å². The Hall–Kier alpha value is -1.80. The normalized spacial score (nSPS) is 23.4. The molecule has 2 unspecified atom stereocenters. The molecule has 2 nitrogen and oxygen atoms in total. The summed E-state index contributed by atoms with van der Waals surface area (Å²) in [6.07, 6.45) is 0.526. The predicted octanol–water partition coefficient (Wildman–Crippen LogP) is 3.49. The number of benzene rings is 2. The maximum Gasteiger partial charge on any atom is 0.119 e. The summed E-state index contributed by atoms with van der Waals surface area (Å²) in [6, 6.07) is 14.7. The number of rotatable bonds is 1. The molecule has 2 aliphatic rings. The largest absolute Gasteiger partial charge is 0.497 e. The predicted molar refractivity (Wildman–Crippen MR) is 65.0 cm³/mol. The van der Waals surface area contributed by atoms with Crippen molar-refractivity contribution in [2.24, 2.45) is 0 Å². The number of methoxy groups -OCH3 is 1. The van der Waals surface area contributed by atoms with E-state index < -0.39 is 0 Å². The molecule has 4 rings (SSSR count). The zero-order valence-corrected chi connectivity index (χ0v) is 9.51. The van der Waals surface area contributed by atoms with Gasteiger partial charge in [-0.25, -0.2) is 0 Å². The summed E-state index contributed by atoms with van der Waals surface area (Å²) in [5, 5.41) is 0. The summed E-state index contributed by atoms with van der Waals surface area (Å²) in [5.74, 6) is 0.901. The standard InChI is InChI=1S/C15H12O2/c1-16-9-6-7-12-13(8-9)10-4-2-3-5-11(10)14-15(12)17-14/h2-8,14-15H,1H3. The van der Waals surface area contributed by atoms with Crippen LogP contribution >= 0.6 is 0 Å². The minimum Gasteiger partial charge on any atom is -0.497 e. The molecular weight excluding hydrogens is 212 g/mol. The smallest absolute Gasteiger partial charge is 0.119 e. The Bertz CT molecular complexity index is 604. The number of hydrogen-bond acceptors (Lipinski definition) is 2. The van der Waals surface area contributed by atoms with Crippen molar-refractivity contribution in [1.29, 1.82) is 0 Å². The molecule has 2 atom stereocenters. The zero-order chi connectivity index (χ0) is 11.4. The van der Waals surface area contributed by atoms with E-state index in [1.165, 1.54) is 22.3 Å². The van der Waals surface area contributed by atoms with Crippen LogP contribution in [0, 0.1) is 0 Å². The van der Waals surface area contributed by atoms with Crippen molar-refractivity contribution in [1.82, 2.24) is 0 Å². The summed E-state index contributed by atoms with van der Waals surface area (Å²) >= 11 is 0. The van der Waals surface area contributed by atoms with Gasteiger partial charge < -0.3 is 9.47 Å². The first-order chi connectivity index (χ1) is 8.38. The molecule has 0 radical (unpaired) electrons. The van der Waals surface area contributed by atoms with Crippen molar-refractivity contribution in [2.75, 3.05) is 7.11 Å². The molecule has 1 aliphatic carbocycles. The first-order valence-electron chi connectivity index (χ1n) is 5.81. The minimum atomic E-state index is 0.255. The fourth-order valence-corrected chi connectivity index (χ4v) is 2.72. The van der Waals surface area contributed by atoms with Gasteiger partial charge in [0, 0.05) is 0 Å². The van der Waals surface area contributed by atoms with Crippen LogP contribution in [0.2, 0.25) is 0 Å². The molecule has 84 valence electrons. The molecule has 0 bridgehead atoms. The van der Waals surface area contributed by atoms with E-state index in [-0.39, 0.29) is 12.2 Å². The van der Waals surface area contributed by atoms with Crippen LogP contribution in [-0.4, -0.2) is 7.11 Å². The molecule has 0 N–H and O–H groups in total. The molecule has 2 aromatic carbocycles. The van der Waals surface area contributed by atoms with E-state index in [0.717, 1.165) is 5.75 Å². The molecule has 17 heavy (non-hydrogen) atoms. The molecule has 0 aromatic heterocycles. The van der Waals surface area contributed by atoms with Crippen molar-refractivity contribution in [3.05, 3.63) is 53.6 Å². The van der Waals surface area contributed by atoms with Gasteiger partial charge in [0.05, 0.1) is 7.11 Å². The Kier molecular flexibility index (Phi) is 1.69. The Morgan fingerprint density at radius 1 is 0.941 bits per heavy atom. The van der Waals surface area contributed by atoms with Gasteiger partial charge in [-0.15, -0.1) is 0 Å². The molecule has 1 fully saturated rings. The first-order valence-corrected chi connectivity index (χ1v) is 5.81. The molecule has 2 heteroatoms. The number of fused-ring (bicyclic) bond motifs is 6. The second-order valence-electron chi connectivity index (χ2n) is 4.52. The average molecular weight is 224 g/mol. The van der Waals surface area contributed by atoms with Crippen molar-refractivity contribution >= 4 is 0 Å². The lowest BCUT2D eigenvalue weighted by Gasteiger charge is -2.17. The summed E-state index contributed by atoms with van der Waals surface area (Å²) in [5.41, 5.74) is 5.12. The first kappa shape index (κ1) is 9.25. The summed E-state index contributed by atoms with van der Waals surface area (Å²) in [6.45, 7) is 0. The fourth-order valence-electron chi connectivity index (χ4n) is 2.72. The Morgan fingerprint density at radius 2 is 1.71 bits per heavy atom. The summed E-state index contributed by atoms with van der Waals surface area (Å²) in [7, 11) is 1.70. The van der Waals surface area contributed by atoms with Gasteiger partial charge in [-0.05, 0) is 34.4 Å². The van der Waals surface area contributed by atoms with Gasteiger partial charge in [-0.2, -0.15) is 0 Å². The molecule has 0 spiro atoms. The van der Waals surface area contributed by atoms with Gasteiger partial charge >= 0.3 is 0 Å². The van der Waals surface area contributed by atoms with Crippen molar-refractivity contribution < 1.29 is 9.47 Å². The van der Waals surface area contributed by atoms with Gasteiger partial charge in [0.15, 0.2) is 0 Å². The summed E-state index contributed by atoms with van der Waals surface area (Å²) in [4.78, 5) is 0. The van der Waals surface area contributed by atoms with Gasteiger partial charge in [0.25, 0.3) is 0 Å². The Labute approximate surface area is 99.8 Å². The van der Waals surface area contributed by atoms with E-state index in [4.69, 9.17) is 9.47 Å². The number of hydrogen-bond donors (Lipinski definition) is 0. The van der Waals surface area contributed by atoms with Crippen molar-refractivity contribution in [3.63, 3.8) is 0 Å². The highest BCUT2D eigenvalue weighted by Gasteiger charge is 2.47. The maximum atomic E-state index is 5.76. The molecule has 0 amide bonds. The molecule has 2 aromatic rings. The van der Waals surface area contributed by atoms with Crippen LogP contribution in [0.1, 0.15) is 23.3 Å². The lowest BCUT2D eigenvalue weighted by molar-refractivity contribution is 0.380. The van der Waals surface area contributed by atoms with Crippen molar-refractivity contribution in [2.45, 2.75) is 12.2 Å². The lowest BCUT2D eigenvalue weighted by atomic mass is 9.86. The monoisotopic (exact) mass is 224 g/mol. The highest BCUT2D eigenvalue weighted by Crippen LogP contribution is 2.59. The highest BCUT2D eigenvalue weighted by atomic mass is 16.6. The number of ether oxygens (including phenoxy) is 2. The van der Waals surface area contributed by atoms with Crippen LogP contribution in [-0.2, 0) is 4.74 Å². The van der Waals surface area contributed by atoms with Crippen LogP contribution in [0.5, 0.6) is 5.75 Å². The van der Waals surface area contributed by atoms with E-state index in [0.29, 0.717) is 0 Å². The molecule has 1 heterocycles. The second-order valence-corrected chi connectivity index (χ2v) is 4.52. The molecule has 0 saturated carbocycles. The summed E-state index contributed by atoms with van der Waals surface area (Å²) < 4.78 is 11.1. The molecular formula is C15H12O2.